The Morgan fingerprint density at radius 1 is 1.69 bits per heavy atom. The highest BCUT2D eigenvalue weighted by atomic mass is 19.1. The van der Waals surface area contributed by atoms with E-state index in [1.165, 1.54) is 13.2 Å². The van der Waals surface area contributed by atoms with Gasteiger partial charge in [0.05, 0.1) is 24.7 Å². The Labute approximate surface area is 91.3 Å². The number of methoxy groups -OCH3 is 1. The number of hydrogen-bond donors (Lipinski definition) is 2. The molecule has 5 nitrogen and oxygen atoms in total. The molecule has 6 heteroatoms. The van der Waals surface area contributed by atoms with Crippen LogP contribution in [0.2, 0.25) is 0 Å². The highest BCUT2D eigenvalue weighted by Crippen LogP contribution is 2.14. The highest BCUT2D eigenvalue weighted by Gasteiger charge is 2.09. The Morgan fingerprint density at radius 3 is 2.94 bits per heavy atom. The third kappa shape index (κ3) is 2.63. The van der Waals surface area contributed by atoms with Gasteiger partial charge in [-0.15, -0.1) is 0 Å². The van der Waals surface area contributed by atoms with E-state index in [1.807, 2.05) is 0 Å². The van der Waals surface area contributed by atoms with Gasteiger partial charge in [0.1, 0.15) is 0 Å². The van der Waals surface area contributed by atoms with E-state index >= 15 is 0 Å². The fraction of sp³-hybridized carbons (Fsp3) is 0.100. The molecule has 0 radical (unpaired) electrons. The third-order valence-corrected chi connectivity index (χ3v) is 1.78. The van der Waals surface area contributed by atoms with Crippen molar-refractivity contribution in [2.75, 3.05) is 7.11 Å². The summed E-state index contributed by atoms with van der Waals surface area (Å²) in [6, 6.07) is 1.26. The molecular weight excluding hydrogens is 213 g/mol. The number of aldehydes is 1. The number of hydrogen-bond acceptors (Lipinski definition) is 5. The van der Waals surface area contributed by atoms with Crippen LogP contribution in [0.4, 0.5) is 4.39 Å². The Hall–Kier alpha value is -2.24. The maximum absolute atomic E-state index is 13.3. The van der Waals surface area contributed by atoms with Gasteiger partial charge in [0, 0.05) is 11.6 Å². The summed E-state index contributed by atoms with van der Waals surface area (Å²) in [5.41, 5.74) is 4.81. The SMILES string of the molecule is COc1cc(C(=N)C=C(N)C=O)c(F)cn1. The van der Waals surface area contributed by atoms with Crippen LogP contribution in [0, 0.1) is 11.2 Å². The van der Waals surface area contributed by atoms with Crippen molar-refractivity contribution in [3.63, 3.8) is 0 Å². The molecule has 0 fully saturated rings. The van der Waals surface area contributed by atoms with Crippen molar-refractivity contribution in [3.8, 4) is 5.88 Å². The van der Waals surface area contributed by atoms with Gasteiger partial charge in [-0.05, 0) is 6.08 Å². The van der Waals surface area contributed by atoms with Crippen LogP contribution in [0.5, 0.6) is 5.88 Å². The van der Waals surface area contributed by atoms with Crippen molar-refractivity contribution in [3.05, 3.63) is 35.4 Å². The normalized spacial score (nSPS) is 11.0. The molecule has 0 saturated heterocycles. The molecule has 1 aromatic heterocycles. The van der Waals surface area contributed by atoms with Crippen LogP contribution in [0.25, 0.3) is 0 Å². The number of rotatable bonds is 4. The number of pyridine rings is 1. The molecular formula is C10H10FN3O2. The monoisotopic (exact) mass is 223 g/mol. The number of nitrogens with one attached hydrogen (secondary N) is 1. The second kappa shape index (κ2) is 5.01. The van der Waals surface area contributed by atoms with Crippen molar-refractivity contribution < 1.29 is 13.9 Å². The molecule has 0 spiro atoms. The number of nitrogens with zero attached hydrogens (tertiary/aromatic N) is 1. The van der Waals surface area contributed by atoms with Crippen LogP contribution in [0.3, 0.4) is 0 Å². The van der Waals surface area contributed by atoms with E-state index in [1.54, 1.807) is 0 Å². The first-order valence-corrected chi connectivity index (χ1v) is 4.29. The maximum Gasteiger partial charge on any atom is 0.213 e. The van der Waals surface area contributed by atoms with E-state index in [-0.39, 0.29) is 22.9 Å². The largest absolute Gasteiger partial charge is 0.481 e. The first kappa shape index (κ1) is 11.8. The molecule has 84 valence electrons. The lowest BCUT2D eigenvalue weighted by Gasteiger charge is -2.04. The number of ether oxygens (including phenoxy) is 1. The van der Waals surface area contributed by atoms with Crippen LogP contribution >= 0.6 is 0 Å². The average Bonchev–Trinajstić information content (AvgIpc) is 2.29. The maximum atomic E-state index is 13.3. The first-order valence-electron chi connectivity index (χ1n) is 4.29. The van der Waals surface area contributed by atoms with Gasteiger partial charge in [0.25, 0.3) is 0 Å². The molecule has 0 bridgehead atoms. The number of carbonyl (C=O) groups is 1. The summed E-state index contributed by atoms with van der Waals surface area (Å²) in [5.74, 6) is -0.500. The van der Waals surface area contributed by atoms with Gasteiger partial charge in [-0.25, -0.2) is 9.37 Å². The van der Waals surface area contributed by atoms with Crippen molar-refractivity contribution in [1.82, 2.24) is 4.98 Å². The van der Waals surface area contributed by atoms with Gasteiger partial charge >= 0.3 is 0 Å². The lowest BCUT2D eigenvalue weighted by atomic mass is 10.1. The van der Waals surface area contributed by atoms with E-state index in [0.717, 1.165) is 12.3 Å². The molecule has 0 saturated carbocycles. The van der Waals surface area contributed by atoms with Gasteiger partial charge in [0.15, 0.2) is 12.1 Å². The molecule has 0 aliphatic carbocycles. The minimum atomic E-state index is -0.680. The number of allylic oxidation sites excluding steroid dienone is 2. The van der Waals surface area contributed by atoms with Gasteiger partial charge in [-0.3, -0.25) is 4.79 Å². The first-order chi connectivity index (χ1) is 7.58. The van der Waals surface area contributed by atoms with Gasteiger partial charge in [-0.2, -0.15) is 0 Å². The second-order valence-electron chi connectivity index (χ2n) is 2.88. The summed E-state index contributed by atoms with van der Waals surface area (Å²) in [6.45, 7) is 0. The van der Waals surface area contributed by atoms with Crippen LogP contribution < -0.4 is 10.5 Å². The second-order valence-corrected chi connectivity index (χ2v) is 2.88. The minimum absolute atomic E-state index is 0.0309. The van der Waals surface area contributed by atoms with E-state index < -0.39 is 5.82 Å². The molecule has 0 amide bonds. The molecule has 3 N–H and O–H groups in total. The fourth-order valence-corrected chi connectivity index (χ4v) is 1.02. The van der Waals surface area contributed by atoms with Gasteiger partial charge in [0.2, 0.25) is 5.88 Å². The molecule has 1 heterocycles. The number of aromatic nitrogens is 1. The topological polar surface area (TPSA) is 89.1 Å². The summed E-state index contributed by atoms with van der Waals surface area (Å²) in [6.07, 6.45) is 2.38. The fourth-order valence-electron chi connectivity index (χ4n) is 1.02. The van der Waals surface area contributed by atoms with Crippen LogP contribution in [-0.2, 0) is 4.79 Å². The molecule has 0 aliphatic rings. The summed E-state index contributed by atoms with van der Waals surface area (Å²) >= 11 is 0. The Bertz CT molecular complexity index is 457. The molecule has 0 unspecified atom stereocenters. The predicted octanol–water partition coefficient (Wildman–Crippen LogP) is 0.639. The highest BCUT2D eigenvalue weighted by molar-refractivity contribution is 6.08. The summed E-state index contributed by atoms with van der Waals surface area (Å²) < 4.78 is 18.1. The van der Waals surface area contributed by atoms with Gasteiger partial charge in [-0.1, -0.05) is 0 Å². The lowest BCUT2D eigenvalue weighted by Crippen LogP contribution is -2.06. The summed E-state index contributed by atoms with van der Waals surface area (Å²) in [7, 11) is 1.38. The molecule has 16 heavy (non-hydrogen) atoms. The zero-order valence-corrected chi connectivity index (χ0v) is 8.53. The van der Waals surface area contributed by atoms with E-state index in [9.17, 15) is 9.18 Å². The summed E-state index contributed by atoms with van der Waals surface area (Å²) in [5, 5.41) is 7.54. The lowest BCUT2D eigenvalue weighted by molar-refractivity contribution is -0.104. The van der Waals surface area contributed by atoms with Crippen LogP contribution in [-0.4, -0.2) is 24.1 Å². The van der Waals surface area contributed by atoms with Crippen molar-refractivity contribution >= 4 is 12.0 Å². The zero-order chi connectivity index (χ0) is 12.1. The Kier molecular flexibility index (Phi) is 3.71. The smallest absolute Gasteiger partial charge is 0.213 e. The molecule has 0 aliphatic heterocycles. The van der Waals surface area contributed by atoms with Crippen molar-refractivity contribution in [2.24, 2.45) is 5.73 Å². The van der Waals surface area contributed by atoms with Crippen LogP contribution in [0.15, 0.2) is 24.0 Å². The molecule has 1 rings (SSSR count). The number of nitrogens with two attached hydrogens (primary N) is 1. The quantitative estimate of drug-likeness (QED) is 0.445. The minimum Gasteiger partial charge on any atom is -0.481 e. The predicted molar refractivity (Wildman–Crippen MR) is 55.9 cm³/mol. The van der Waals surface area contributed by atoms with Crippen molar-refractivity contribution in [1.29, 1.82) is 5.41 Å². The Morgan fingerprint density at radius 2 is 2.38 bits per heavy atom. The standard InChI is InChI=1S/C10H10FN3O2/c1-16-10-3-7(8(11)4-14-10)9(13)2-6(12)5-15/h2-5,13H,12H2,1H3. The Balaban J connectivity index is 3.12. The molecule has 1 aromatic rings. The third-order valence-electron chi connectivity index (χ3n) is 1.78. The van der Waals surface area contributed by atoms with Crippen LogP contribution in [0.1, 0.15) is 5.56 Å². The molecule has 0 aromatic carbocycles. The number of halogens is 1. The van der Waals surface area contributed by atoms with E-state index in [2.05, 4.69) is 4.98 Å². The van der Waals surface area contributed by atoms with Gasteiger partial charge < -0.3 is 15.9 Å². The summed E-state index contributed by atoms with van der Waals surface area (Å²) in [4.78, 5) is 13.9. The van der Waals surface area contributed by atoms with Crippen molar-refractivity contribution in [2.45, 2.75) is 0 Å². The average molecular weight is 223 g/mol. The number of carbonyl (C=O) groups excluding carboxylic acids is 1. The van der Waals surface area contributed by atoms with E-state index in [0.29, 0.717) is 6.29 Å². The zero-order valence-electron chi connectivity index (χ0n) is 8.53. The van der Waals surface area contributed by atoms with E-state index in [4.69, 9.17) is 15.9 Å². The molecule has 0 atom stereocenters.